The molecule has 2 aliphatic rings. The monoisotopic (exact) mass is 202 g/mol. The summed E-state index contributed by atoms with van der Waals surface area (Å²) in [6.07, 6.45) is -0.611. The van der Waals surface area contributed by atoms with Gasteiger partial charge in [0.25, 0.3) is 0 Å². The third kappa shape index (κ3) is 1.11. The Morgan fingerprint density at radius 2 is 2.00 bits per heavy atom. The molecule has 1 aliphatic heterocycles. The van der Waals surface area contributed by atoms with E-state index in [1.165, 1.54) is 0 Å². The van der Waals surface area contributed by atoms with Crippen molar-refractivity contribution in [2.45, 2.75) is 31.5 Å². The summed E-state index contributed by atoms with van der Waals surface area (Å²) in [7, 11) is 0. The normalized spacial score (nSPS) is 40.9. The van der Waals surface area contributed by atoms with Crippen molar-refractivity contribution in [3.05, 3.63) is 0 Å². The summed E-state index contributed by atoms with van der Waals surface area (Å²) in [5.74, 6) is -2.40. The maximum atomic E-state index is 11.0. The van der Waals surface area contributed by atoms with E-state index >= 15 is 0 Å². The van der Waals surface area contributed by atoms with E-state index in [9.17, 15) is 9.59 Å². The highest BCUT2D eigenvalue weighted by Gasteiger charge is 2.59. The number of carboxylic acid groups (broad SMARTS) is 2. The smallest absolute Gasteiger partial charge is 0.337 e. The average Bonchev–Trinajstić information content (AvgIpc) is 2.44. The van der Waals surface area contributed by atoms with Gasteiger partial charge >= 0.3 is 11.9 Å². The zero-order valence-corrected chi connectivity index (χ0v) is 7.30. The first kappa shape index (κ1) is 9.42. The van der Waals surface area contributed by atoms with Crippen molar-refractivity contribution < 1.29 is 29.6 Å². The molecule has 0 amide bonds. The second kappa shape index (κ2) is 2.93. The van der Waals surface area contributed by atoms with Crippen LogP contribution in [0, 0.1) is 5.41 Å². The Hall–Kier alpha value is -1.14. The first-order chi connectivity index (χ1) is 6.56. The molecule has 2 N–H and O–H groups in total. The lowest BCUT2D eigenvalue weighted by Gasteiger charge is -2.33. The largest absolute Gasteiger partial charge is 0.481 e. The van der Waals surface area contributed by atoms with Crippen LogP contribution in [0.25, 0.3) is 0 Å². The molecule has 2 fully saturated rings. The van der Waals surface area contributed by atoms with Gasteiger partial charge in [-0.2, -0.15) is 0 Å². The van der Waals surface area contributed by atoms with Crippen molar-refractivity contribution in [3.63, 3.8) is 0 Å². The van der Waals surface area contributed by atoms with Crippen LogP contribution in [0.3, 0.4) is 0 Å². The SMILES string of the molecule is O=C(O)C1OOC2CCC1(C(=O)O)C2. The second-order valence-corrected chi connectivity index (χ2v) is 3.74. The first-order valence-electron chi connectivity index (χ1n) is 4.34. The van der Waals surface area contributed by atoms with Gasteiger partial charge in [-0.15, -0.1) is 0 Å². The molecule has 6 heteroatoms. The molecule has 14 heavy (non-hydrogen) atoms. The first-order valence-corrected chi connectivity index (χ1v) is 4.34. The number of aliphatic carboxylic acids is 2. The maximum Gasteiger partial charge on any atom is 0.337 e. The Balaban J connectivity index is 2.33. The lowest BCUT2D eigenvalue weighted by molar-refractivity contribution is -0.376. The van der Waals surface area contributed by atoms with E-state index in [1.54, 1.807) is 0 Å². The maximum absolute atomic E-state index is 11.0. The molecule has 1 saturated carbocycles. The van der Waals surface area contributed by atoms with Crippen molar-refractivity contribution in [1.82, 2.24) is 0 Å². The summed E-state index contributed by atoms with van der Waals surface area (Å²) < 4.78 is 0. The van der Waals surface area contributed by atoms with Crippen molar-refractivity contribution >= 4 is 11.9 Å². The molecular formula is C8H10O6. The molecule has 0 spiro atoms. The molecule has 1 heterocycles. The van der Waals surface area contributed by atoms with E-state index in [0.717, 1.165) is 0 Å². The van der Waals surface area contributed by atoms with Crippen LogP contribution < -0.4 is 0 Å². The van der Waals surface area contributed by atoms with Crippen molar-refractivity contribution in [2.24, 2.45) is 5.41 Å². The molecule has 78 valence electrons. The number of carbonyl (C=O) groups is 2. The fourth-order valence-corrected chi connectivity index (χ4v) is 2.16. The summed E-state index contributed by atoms with van der Waals surface area (Å²) >= 11 is 0. The molecule has 0 aromatic carbocycles. The lowest BCUT2D eigenvalue weighted by atomic mass is 9.80. The fourth-order valence-electron chi connectivity index (χ4n) is 2.16. The lowest BCUT2D eigenvalue weighted by Crippen LogP contribution is -2.49. The molecule has 1 aliphatic carbocycles. The van der Waals surface area contributed by atoms with Gasteiger partial charge < -0.3 is 10.2 Å². The molecule has 2 rings (SSSR count). The zero-order valence-electron chi connectivity index (χ0n) is 7.30. The van der Waals surface area contributed by atoms with Gasteiger partial charge in [0.2, 0.25) is 6.10 Å². The van der Waals surface area contributed by atoms with Gasteiger partial charge in [0.15, 0.2) is 0 Å². The second-order valence-electron chi connectivity index (χ2n) is 3.74. The average molecular weight is 202 g/mol. The van der Waals surface area contributed by atoms with Gasteiger partial charge in [0.1, 0.15) is 5.41 Å². The third-order valence-electron chi connectivity index (χ3n) is 2.94. The summed E-state index contributed by atoms with van der Waals surface area (Å²) in [6, 6.07) is 0. The predicted octanol–water partition coefficient (Wildman–Crippen LogP) is 0.0249. The van der Waals surface area contributed by atoms with Crippen LogP contribution in [0.1, 0.15) is 19.3 Å². The highest BCUT2D eigenvalue weighted by molar-refractivity contribution is 5.85. The predicted molar refractivity (Wildman–Crippen MR) is 41.3 cm³/mol. The van der Waals surface area contributed by atoms with Gasteiger partial charge in [-0.25, -0.2) is 14.6 Å². The number of rotatable bonds is 2. The molecule has 3 atom stereocenters. The quantitative estimate of drug-likeness (QED) is 0.613. The van der Waals surface area contributed by atoms with Crippen LogP contribution in [0.2, 0.25) is 0 Å². The summed E-state index contributed by atoms with van der Waals surface area (Å²) in [6.45, 7) is 0. The topological polar surface area (TPSA) is 93.1 Å². The Morgan fingerprint density at radius 3 is 2.57 bits per heavy atom. The number of fused-ring (bicyclic) bond motifs is 2. The van der Waals surface area contributed by atoms with Gasteiger partial charge in [0.05, 0.1) is 6.10 Å². The van der Waals surface area contributed by atoms with E-state index in [-0.39, 0.29) is 12.5 Å². The van der Waals surface area contributed by atoms with Crippen LogP contribution in [-0.2, 0) is 19.4 Å². The van der Waals surface area contributed by atoms with E-state index in [4.69, 9.17) is 15.1 Å². The highest BCUT2D eigenvalue weighted by Crippen LogP contribution is 2.47. The molecular weight excluding hydrogens is 192 g/mol. The molecule has 1 saturated heterocycles. The molecule has 6 nitrogen and oxygen atoms in total. The summed E-state index contributed by atoms with van der Waals surface area (Å²) in [5.41, 5.74) is -1.30. The summed E-state index contributed by atoms with van der Waals surface area (Å²) in [4.78, 5) is 31.2. The highest BCUT2D eigenvalue weighted by atomic mass is 17.2. The standard InChI is InChI=1S/C8H10O6/c9-6(10)5-8(7(11)12)2-1-4(3-8)13-14-5/h4-5H,1-3H2,(H,9,10)(H,11,12). The molecule has 2 bridgehead atoms. The minimum absolute atomic E-state index is 0.222. The van der Waals surface area contributed by atoms with Crippen LogP contribution in [0.15, 0.2) is 0 Å². The summed E-state index contributed by atoms with van der Waals surface area (Å²) in [5, 5.41) is 17.8. The molecule has 0 aromatic heterocycles. The van der Waals surface area contributed by atoms with Gasteiger partial charge in [-0.1, -0.05) is 0 Å². The minimum atomic E-state index is -1.39. The Kier molecular flexibility index (Phi) is 1.97. The van der Waals surface area contributed by atoms with Crippen LogP contribution in [-0.4, -0.2) is 34.4 Å². The fraction of sp³-hybridized carbons (Fsp3) is 0.750. The van der Waals surface area contributed by atoms with Crippen LogP contribution in [0.4, 0.5) is 0 Å². The molecule has 0 aromatic rings. The minimum Gasteiger partial charge on any atom is -0.481 e. The molecule has 0 radical (unpaired) electrons. The third-order valence-corrected chi connectivity index (χ3v) is 2.94. The van der Waals surface area contributed by atoms with Crippen LogP contribution in [0.5, 0.6) is 0 Å². The van der Waals surface area contributed by atoms with E-state index in [1.807, 2.05) is 0 Å². The Morgan fingerprint density at radius 1 is 1.29 bits per heavy atom. The van der Waals surface area contributed by atoms with Gasteiger partial charge in [-0.05, 0) is 19.3 Å². The van der Waals surface area contributed by atoms with Crippen LogP contribution >= 0.6 is 0 Å². The van der Waals surface area contributed by atoms with E-state index in [2.05, 4.69) is 4.89 Å². The van der Waals surface area contributed by atoms with Gasteiger partial charge in [-0.3, -0.25) is 4.79 Å². The molecule has 3 unspecified atom stereocenters. The number of carboxylic acids is 2. The van der Waals surface area contributed by atoms with Crippen molar-refractivity contribution in [1.29, 1.82) is 0 Å². The van der Waals surface area contributed by atoms with Gasteiger partial charge in [0, 0.05) is 0 Å². The van der Waals surface area contributed by atoms with Crippen molar-refractivity contribution in [3.8, 4) is 0 Å². The number of hydrogen-bond acceptors (Lipinski definition) is 4. The Bertz CT molecular complexity index is 286. The van der Waals surface area contributed by atoms with E-state index < -0.39 is 23.5 Å². The van der Waals surface area contributed by atoms with E-state index in [0.29, 0.717) is 12.8 Å². The van der Waals surface area contributed by atoms with Crippen molar-refractivity contribution in [2.75, 3.05) is 0 Å². The zero-order chi connectivity index (χ0) is 10.3. The Labute approximate surface area is 79.4 Å². The number of hydrogen-bond donors (Lipinski definition) is 2.